The van der Waals surface area contributed by atoms with Crippen LogP contribution in [-0.4, -0.2) is 85.1 Å². The van der Waals surface area contributed by atoms with Crippen LogP contribution in [0.15, 0.2) is 24.4 Å². The lowest BCUT2D eigenvalue weighted by Gasteiger charge is -2.45. The number of rotatable bonds is 4. The van der Waals surface area contributed by atoms with Crippen LogP contribution in [0.1, 0.15) is 26.2 Å². The Labute approximate surface area is 210 Å². The number of piperazine rings is 1. The molecule has 4 fully saturated rings. The number of halogens is 1. The molecule has 188 valence electrons. The number of aromatic nitrogens is 1. The third-order valence-corrected chi connectivity index (χ3v) is 8.93. The summed E-state index contributed by atoms with van der Waals surface area (Å²) in [6, 6.07) is 5.97. The fourth-order valence-electron chi connectivity index (χ4n) is 6.12. The Morgan fingerprint density at radius 1 is 1.17 bits per heavy atom. The van der Waals surface area contributed by atoms with Gasteiger partial charge in [0.15, 0.2) is 0 Å². The van der Waals surface area contributed by atoms with Crippen LogP contribution in [0, 0.1) is 11.3 Å². The van der Waals surface area contributed by atoms with Gasteiger partial charge < -0.3 is 24.8 Å². The zero-order valence-electron chi connectivity index (χ0n) is 20.1. The summed E-state index contributed by atoms with van der Waals surface area (Å²) in [5, 5.41) is 16.1. The monoisotopic (exact) mass is 500 g/mol. The average molecular weight is 501 g/mol. The van der Waals surface area contributed by atoms with E-state index in [0.29, 0.717) is 30.7 Å². The molecular weight excluding hydrogens is 468 g/mol. The first-order valence-electron chi connectivity index (χ1n) is 12.6. The van der Waals surface area contributed by atoms with Gasteiger partial charge in [-0.2, -0.15) is 0 Å². The largest absolute Gasteiger partial charge is 0.389 e. The second kappa shape index (κ2) is 8.85. The summed E-state index contributed by atoms with van der Waals surface area (Å²) in [6.07, 6.45) is 4.31. The summed E-state index contributed by atoms with van der Waals surface area (Å²) in [5.41, 5.74) is 0.693. The average Bonchev–Trinajstić information content (AvgIpc) is 3.44. The lowest BCUT2D eigenvalue weighted by Crippen LogP contribution is -2.60. The van der Waals surface area contributed by atoms with Crippen LogP contribution < -0.4 is 10.2 Å². The first-order chi connectivity index (χ1) is 16.9. The molecule has 2 aromatic rings. The molecule has 9 heteroatoms. The highest BCUT2D eigenvalue weighted by Gasteiger charge is 2.58. The molecule has 3 aliphatic heterocycles. The molecule has 6 rings (SSSR count). The van der Waals surface area contributed by atoms with Crippen molar-refractivity contribution in [1.29, 1.82) is 0 Å². The third-order valence-electron chi connectivity index (χ3n) is 8.63. The molecule has 1 aromatic heterocycles. The molecule has 1 amide bonds. The molecule has 0 bridgehead atoms. The summed E-state index contributed by atoms with van der Waals surface area (Å²) >= 11 is 6.68. The van der Waals surface area contributed by atoms with Gasteiger partial charge in [0.25, 0.3) is 0 Å². The number of benzene rings is 1. The minimum absolute atomic E-state index is 0.0167. The van der Waals surface area contributed by atoms with E-state index in [1.807, 2.05) is 12.1 Å². The summed E-state index contributed by atoms with van der Waals surface area (Å²) in [5.74, 6) is 0.629. The molecule has 4 aliphatic rings. The van der Waals surface area contributed by atoms with Gasteiger partial charge in [-0.1, -0.05) is 11.6 Å². The Kier molecular flexibility index (Phi) is 5.92. The smallest absolute Gasteiger partial charge is 0.229 e. The molecule has 35 heavy (non-hydrogen) atoms. The molecular formula is C26H33ClN4O4. The Morgan fingerprint density at radius 3 is 2.71 bits per heavy atom. The summed E-state index contributed by atoms with van der Waals surface area (Å²) in [4.78, 5) is 22.0. The van der Waals surface area contributed by atoms with Crippen molar-refractivity contribution >= 4 is 39.8 Å². The van der Waals surface area contributed by atoms with Gasteiger partial charge >= 0.3 is 0 Å². The van der Waals surface area contributed by atoms with E-state index in [-0.39, 0.29) is 22.8 Å². The highest BCUT2D eigenvalue weighted by molar-refractivity contribution is 6.34. The maximum atomic E-state index is 12.9. The normalized spacial score (nSPS) is 33.4. The Bertz CT molecular complexity index is 1130. The van der Waals surface area contributed by atoms with Gasteiger partial charge in [0.05, 0.1) is 42.2 Å². The van der Waals surface area contributed by atoms with Crippen molar-refractivity contribution in [2.24, 2.45) is 11.3 Å². The molecule has 1 aliphatic carbocycles. The van der Waals surface area contributed by atoms with E-state index < -0.39 is 6.10 Å². The third kappa shape index (κ3) is 4.19. The molecule has 8 nitrogen and oxygen atoms in total. The van der Waals surface area contributed by atoms with Gasteiger partial charge in [0.2, 0.25) is 5.91 Å². The van der Waals surface area contributed by atoms with Crippen LogP contribution in [0.5, 0.6) is 0 Å². The Balaban J connectivity index is 1.15. The highest BCUT2D eigenvalue weighted by Crippen LogP contribution is 2.57. The summed E-state index contributed by atoms with van der Waals surface area (Å²) < 4.78 is 11.2. The number of carbonyl (C=O) groups is 1. The molecule has 3 saturated heterocycles. The van der Waals surface area contributed by atoms with Crippen LogP contribution in [0.25, 0.3) is 10.8 Å². The highest BCUT2D eigenvalue weighted by atomic mass is 35.5. The molecule has 1 saturated carbocycles. The number of hydrogen-bond donors (Lipinski definition) is 2. The maximum Gasteiger partial charge on any atom is 0.229 e. The zero-order chi connectivity index (χ0) is 24.2. The number of anilines is 2. The van der Waals surface area contributed by atoms with Gasteiger partial charge in [0.1, 0.15) is 5.82 Å². The number of pyridine rings is 1. The number of aliphatic hydroxyl groups is 1. The van der Waals surface area contributed by atoms with Crippen LogP contribution in [0.4, 0.5) is 11.5 Å². The molecule has 0 radical (unpaired) electrons. The topological polar surface area (TPSA) is 87.2 Å². The summed E-state index contributed by atoms with van der Waals surface area (Å²) in [7, 11) is 0. The Hall–Kier alpha value is -1.97. The van der Waals surface area contributed by atoms with Crippen molar-refractivity contribution in [1.82, 2.24) is 9.88 Å². The lowest BCUT2D eigenvalue weighted by molar-refractivity contribution is -0.119. The maximum absolute atomic E-state index is 12.9. The second-order valence-corrected chi connectivity index (χ2v) is 11.3. The van der Waals surface area contributed by atoms with E-state index in [1.165, 1.54) is 0 Å². The molecule has 1 aromatic carbocycles. The molecule has 4 heterocycles. The number of carbonyl (C=O) groups excluding carboxylic acids is 1. The standard InChI is InChI=1S/C26H33ClN4O4/c1-25(15-35-14-22(25)32)31-6-4-30(5-7-31)21-10-17-11-23(28-13-18(17)9-20(21)27)29-24(33)19-12-26(19)3-2-8-34-16-26/h9-11,13,19,22,32H,2-8,12,14-16H2,1H3,(H,28,29,33)/t19-,22+,25-,26+/m0/s1. The fraction of sp³-hybridized carbons (Fsp3) is 0.615. The van der Waals surface area contributed by atoms with E-state index in [2.05, 4.69) is 33.1 Å². The van der Waals surface area contributed by atoms with Crippen molar-refractivity contribution < 1.29 is 19.4 Å². The minimum atomic E-state index is -0.462. The van der Waals surface area contributed by atoms with E-state index in [9.17, 15) is 9.90 Å². The second-order valence-electron chi connectivity index (χ2n) is 10.8. The number of nitrogens with one attached hydrogen (secondary N) is 1. The predicted molar refractivity (Wildman–Crippen MR) is 135 cm³/mol. The SMILES string of the molecule is C[C@]1(N2CCN(c3cc4cc(NC(=O)[C@@H]5C[C@@]56CCCOC6)ncc4cc3Cl)CC2)COC[C@H]1O. The first-order valence-corrected chi connectivity index (χ1v) is 13.0. The predicted octanol–water partition coefficient (Wildman–Crippen LogP) is 2.92. The van der Waals surface area contributed by atoms with Crippen molar-refractivity contribution in [3.8, 4) is 0 Å². The fourth-order valence-corrected chi connectivity index (χ4v) is 6.41. The number of hydrogen-bond acceptors (Lipinski definition) is 7. The van der Waals surface area contributed by atoms with E-state index in [4.69, 9.17) is 21.1 Å². The van der Waals surface area contributed by atoms with Gasteiger partial charge in [-0.3, -0.25) is 9.69 Å². The number of aliphatic hydroxyl groups excluding tert-OH is 1. The van der Waals surface area contributed by atoms with E-state index >= 15 is 0 Å². The van der Waals surface area contributed by atoms with Crippen LogP contribution in [-0.2, 0) is 14.3 Å². The molecule has 4 atom stereocenters. The number of ether oxygens (including phenoxy) is 2. The van der Waals surface area contributed by atoms with Gasteiger partial charge in [-0.15, -0.1) is 0 Å². The number of nitrogens with zero attached hydrogens (tertiary/aromatic N) is 3. The number of amides is 1. The molecule has 0 unspecified atom stereocenters. The zero-order valence-corrected chi connectivity index (χ0v) is 20.9. The Morgan fingerprint density at radius 2 is 2.00 bits per heavy atom. The van der Waals surface area contributed by atoms with Crippen LogP contribution >= 0.6 is 11.6 Å². The lowest BCUT2D eigenvalue weighted by atomic mass is 9.95. The number of fused-ring (bicyclic) bond motifs is 1. The first kappa shape index (κ1) is 23.4. The quantitative estimate of drug-likeness (QED) is 0.667. The van der Waals surface area contributed by atoms with E-state index in [0.717, 1.165) is 68.5 Å². The van der Waals surface area contributed by atoms with Crippen molar-refractivity contribution in [2.75, 3.05) is 62.8 Å². The van der Waals surface area contributed by atoms with Crippen molar-refractivity contribution in [3.63, 3.8) is 0 Å². The minimum Gasteiger partial charge on any atom is -0.389 e. The van der Waals surface area contributed by atoms with E-state index in [1.54, 1.807) is 6.20 Å². The molecule has 1 spiro atoms. The summed E-state index contributed by atoms with van der Waals surface area (Å²) in [6.45, 7) is 7.82. The van der Waals surface area contributed by atoms with Gasteiger partial charge in [-0.25, -0.2) is 4.98 Å². The van der Waals surface area contributed by atoms with Crippen LogP contribution in [0.3, 0.4) is 0 Å². The van der Waals surface area contributed by atoms with Crippen LogP contribution in [0.2, 0.25) is 5.02 Å². The van der Waals surface area contributed by atoms with Gasteiger partial charge in [0, 0.05) is 55.7 Å². The van der Waals surface area contributed by atoms with Crippen molar-refractivity contribution in [2.45, 2.75) is 37.8 Å². The van der Waals surface area contributed by atoms with Gasteiger partial charge in [-0.05, 0) is 49.8 Å². The van der Waals surface area contributed by atoms with Crippen molar-refractivity contribution in [3.05, 3.63) is 29.4 Å². The molecule has 2 N–H and O–H groups in total.